The molecular formula is C18H27N3O. The molecule has 0 aromatic heterocycles. The van der Waals surface area contributed by atoms with Crippen LogP contribution in [-0.4, -0.2) is 54.5 Å². The van der Waals surface area contributed by atoms with Gasteiger partial charge in [0.1, 0.15) is 0 Å². The molecule has 3 rings (SSSR count). The largest absolute Gasteiger partial charge is 0.342 e. The zero-order valence-electron chi connectivity index (χ0n) is 13.7. The van der Waals surface area contributed by atoms with E-state index in [1.807, 2.05) is 11.9 Å². The number of nitrogens with zero attached hydrogens (tertiary/aromatic N) is 2. The number of carbonyl (C=O) groups is 1. The molecule has 4 nitrogen and oxygen atoms in total. The number of amides is 1. The second kappa shape index (κ2) is 6.80. The van der Waals surface area contributed by atoms with E-state index < -0.39 is 0 Å². The van der Waals surface area contributed by atoms with Gasteiger partial charge >= 0.3 is 0 Å². The summed E-state index contributed by atoms with van der Waals surface area (Å²) in [5.74, 6) is 0.537. The van der Waals surface area contributed by atoms with Gasteiger partial charge in [0, 0.05) is 45.3 Å². The molecule has 0 saturated carbocycles. The molecule has 2 aliphatic heterocycles. The van der Waals surface area contributed by atoms with Crippen LogP contribution >= 0.6 is 0 Å². The van der Waals surface area contributed by atoms with Gasteiger partial charge in [-0.15, -0.1) is 0 Å². The molecule has 0 spiro atoms. The highest BCUT2D eigenvalue weighted by Gasteiger charge is 2.34. The maximum atomic E-state index is 12.4. The topological polar surface area (TPSA) is 35.6 Å². The lowest BCUT2D eigenvalue weighted by Crippen LogP contribution is -2.55. The number of hydrogen-bond donors (Lipinski definition) is 1. The lowest BCUT2D eigenvalue weighted by molar-refractivity contribution is -0.139. The molecule has 1 aromatic carbocycles. The molecule has 0 bridgehead atoms. The Hall–Kier alpha value is -1.39. The average molecular weight is 301 g/mol. The summed E-state index contributed by atoms with van der Waals surface area (Å²) >= 11 is 0. The highest BCUT2D eigenvalue weighted by Crippen LogP contribution is 2.24. The summed E-state index contributed by atoms with van der Waals surface area (Å²) in [7, 11) is 1.99. The van der Waals surface area contributed by atoms with Crippen LogP contribution in [0.25, 0.3) is 0 Å². The van der Waals surface area contributed by atoms with Crippen LogP contribution in [0.5, 0.6) is 0 Å². The molecule has 2 unspecified atom stereocenters. The van der Waals surface area contributed by atoms with Gasteiger partial charge < -0.3 is 10.2 Å². The Morgan fingerprint density at radius 2 is 2.05 bits per heavy atom. The fourth-order valence-electron chi connectivity index (χ4n) is 3.53. The maximum absolute atomic E-state index is 12.4. The van der Waals surface area contributed by atoms with E-state index in [-0.39, 0.29) is 5.92 Å². The molecule has 1 amide bonds. The highest BCUT2D eigenvalue weighted by molar-refractivity contribution is 5.80. The first-order chi connectivity index (χ1) is 10.6. The van der Waals surface area contributed by atoms with Crippen LogP contribution in [0.1, 0.15) is 25.3 Å². The number of benzene rings is 1. The molecule has 0 radical (unpaired) electrons. The number of carbonyl (C=O) groups excluding carboxylic acids is 1. The minimum Gasteiger partial charge on any atom is -0.342 e. The van der Waals surface area contributed by atoms with Gasteiger partial charge in [-0.3, -0.25) is 9.69 Å². The Morgan fingerprint density at radius 1 is 1.32 bits per heavy atom. The van der Waals surface area contributed by atoms with Crippen molar-refractivity contribution in [1.29, 1.82) is 0 Å². The zero-order valence-corrected chi connectivity index (χ0v) is 13.7. The Morgan fingerprint density at radius 3 is 2.64 bits per heavy atom. The van der Waals surface area contributed by atoms with E-state index in [9.17, 15) is 4.79 Å². The Bertz CT molecular complexity index is 500. The van der Waals surface area contributed by atoms with Crippen LogP contribution < -0.4 is 5.32 Å². The molecule has 2 heterocycles. The van der Waals surface area contributed by atoms with E-state index in [1.165, 1.54) is 5.56 Å². The second-order valence-electron chi connectivity index (χ2n) is 6.79. The fraction of sp³-hybridized carbons (Fsp3) is 0.611. The van der Waals surface area contributed by atoms with Gasteiger partial charge in [0.2, 0.25) is 5.91 Å². The van der Waals surface area contributed by atoms with Crippen molar-refractivity contribution in [3.8, 4) is 0 Å². The first kappa shape index (κ1) is 15.5. The summed E-state index contributed by atoms with van der Waals surface area (Å²) in [5, 5.41) is 3.19. The van der Waals surface area contributed by atoms with E-state index in [4.69, 9.17) is 0 Å². The second-order valence-corrected chi connectivity index (χ2v) is 6.79. The quantitative estimate of drug-likeness (QED) is 0.920. The van der Waals surface area contributed by atoms with Crippen LogP contribution in [0.15, 0.2) is 30.3 Å². The van der Waals surface area contributed by atoms with Gasteiger partial charge in [-0.05, 0) is 25.3 Å². The van der Waals surface area contributed by atoms with E-state index in [0.29, 0.717) is 18.0 Å². The normalized spacial score (nSPS) is 26.5. The fourth-order valence-corrected chi connectivity index (χ4v) is 3.53. The molecule has 2 atom stereocenters. The van der Waals surface area contributed by atoms with Gasteiger partial charge in [0.05, 0.1) is 5.92 Å². The van der Waals surface area contributed by atoms with Crippen molar-refractivity contribution >= 4 is 5.91 Å². The summed E-state index contributed by atoms with van der Waals surface area (Å²) < 4.78 is 0. The van der Waals surface area contributed by atoms with Crippen LogP contribution in [0, 0.1) is 5.92 Å². The number of rotatable bonds is 4. The standard InChI is InChI=1S/C18H27N3O/c1-14-10-17(20(2)18(22)16-11-19-12-16)8-9-21(14)13-15-6-4-3-5-7-15/h3-7,14,16-17,19H,8-13H2,1-2H3. The highest BCUT2D eigenvalue weighted by atomic mass is 16.2. The molecule has 4 heteroatoms. The third-order valence-corrected chi connectivity index (χ3v) is 5.24. The monoisotopic (exact) mass is 301 g/mol. The average Bonchev–Trinajstić information content (AvgIpc) is 2.48. The van der Waals surface area contributed by atoms with Gasteiger partial charge in [0.25, 0.3) is 0 Å². The Kier molecular flexibility index (Phi) is 4.79. The summed E-state index contributed by atoms with van der Waals surface area (Å²) in [4.78, 5) is 16.9. The number of nitrogens with one attached hydrogen (secondary N) is 1. The van der Waals surface area contributed by atoms with Crippen LogP contribution in [-0.2, 0) is 11.3 Å². The molecule has 1 aromatic rings. The smallest absolute Gasteiger partial charge is 0.228 e. The molecular weight excluding hydrogens is 274 g/mol. The summed E-state index contributed by atoms with van der Waals surface area (Å²) in [5.41, 5.74) is 1.37. The van der Waals surface area contributed by atoms with E-state index >= 15 is 0 Å². The first-order valence-electron chi connectivity index (χ1n) is 8.40. The van der Waals surface area contributed by atoms with E-state index in [1.54, 1.807) is 0 Å². The van der Waals surface area contributed by atoms with Gasteiger partial charge in [-0.2, -0.15) is 0 Å². The third-order valence-electron chi connectivity index (χ3n) is 5.24. The summed E-state index contributed by atoms with van der Waals surface area (Å²) in [6, 6.07) is 11.6. The Labute approximate surface area is 133 Å². The predicted molar refractivity (Wildman–Crippen MR) is 88.5 cm³/mol. The van der Waals surface area contributed by atoms with Crippen molar-refractivity contribution in [2.24, 2.45) is 5.92 Å². The summed E-state index contributed by atoms with van der Waals surface area (Å²) in [6.07, 6.45) is 2.16. The van der Waals surface area contributed by atoms with Crippen molar-refractivity contribution < 1.29 is 4.79 Å². The van der Waals surface area contributed by atoms with Gasteiger partial charge in [0.15, 0.2) is 0 Å². The maximum Gasteiger partial charge on any atom is 0.228 e. The van der Waals surface area contributed by atoms with Gasteiger partial charge in [-0.25, -0.2) is 0 Å². The van der Waals surface area contributed by atoms with Crippen molar-refractivity contribution in [2.45, 2.75) is 38.4 Å². The molecule has 2 saturated heterocycles. The lowest BCUT2D eigenvalue weighted by atomic mass is 9.94. The van der Waals surface area contributed by atoms with E-state index in [2.05, 4.69) is 47.5 Å². The minimum atomic E-state index is 0.211. The molecule has 2 fully saturated rings. The number of likely N-dealkylation sites (tertiary alicyclic amines) is 1. The summed E-state index contributed by atoms with van der Waals surface area (Å²) in [6.45, 7) is 6.08. The lowest BCUT2D eigenvalue weighted by Gasteiger charge is -2.42. The predicted octanol–water partition coefficient (Wildman–Crippen LogP) is 1.72. The van der Waals surface area contributed by atoms with Crippen LogP contribution in [0.3, 0.4) is 0 Å². The number of hydrogen-bond acceptors (Lipinski definition) is 3. The molecule has 120 valence electrons. The van der Waals surface area contributed by atoms with Crippen molar-refractivity contribution in [3.05, 3.63) is 35.9 Å². The van der Waals surface area contributed by atoms with Crippen LogP contribution in [0.2, 0.25) is 0 Å². The van der Waals surface area contributed by atoms with Gasteiger partial charge in [-0.1, -0.05) is 30.3 Å². The van der Waals surface area contributed by atoms with Crippen LogP contribution in [0.4, 0.5) is 0 Å². The van der Waals surface area contributed by atoms with E-state index in [0.717, 1.165) is 39.0 Å². The van der Waals surface area contributed by atoms with Crippen molar-refractivity contribution in [2.75, 3.05) is 26.7 Å². The molecule has 22 heavy (non-hydrogen) atoms. The van der Waals surface area contributed by atoms with Crippen molar-refractivity contribution in [1.82, 2.24) is 15.1 Å². The number of piperidine rings is 1. The zero-order chi connectivity index (χ0) is 15.5. The SMILES string of the molecule is CC1CC(N(C)C(=O)C2CNC2)CCN1Cc1ccccc1. The van der Waals surface area contributed by atoms with Crippen molar-refractivity contribution in [3.63, 3.8) is 0 Å². The first-order valence-corrected chi connectivity index (χ1v) is 8.40. The molecule has 2 aliphatic rings. The minimum absolute atomic E-state index is 0.211. The Balaban J connectivity index is 1.54. The molecule has 1 N–H and O–H groups in total. The third kappa shape index (κ3) is 3.33. The molecule has 0 aliphatic carbocycles.